The van der Waals surface area contributed by atoms with Gasteiger partial charge in [0.15, 0.2) is 5.65 Å². The molecule has 2 aromatic carbocycles. The van der Waals surface area contributed by atoms with Crippen LogP contribution in [0.4, 0.5) is 4.39 Å². The number of pyridine rings is 3. The Morgan fingerprint density at radius 3 is 2.49 bits per heavy atom. The summed E-state index contributed by atoms with van der Waals surface area (Å²) in [5.41, 5.74) is 8.16. The zero-order valence-corrected chi connectivity index (χ0v) is 21.8. The molecule has 200 valence electrons. The smallest absolute Gasteiger partial charge is 0.155 e. The molecule has 8 nitrogen and oxygen atoms in total. The van der Waals surface area contributed by atoms with Crippen molar-refractivity contribution in [3.63, 3.8) is 0 Å². The van der Waals surface area contributed by atoms with Gasteiger partial charge in [-0.25, -0.2) is 9.37 Å². The molecule has 0 saturated heterocycles. The van der Waals surface area contributed by atoms with E-state index < -0.39 is 5.82 Å². The monoisotopic (exact) mass is 541 g/mol. The first-order chi connectivity index (χ1) is 20.1. The number of rotatable bonds is 7. The number of aromatic amines is 2. The molecule has 0 unspecified atom stereocenters. The van der Waals surface area contributed by atoms with Crippen LogP contribution in [-0.4, -0.2) is 35.2 Å². The maximum atomic E-state index is 14.0. The van der Waals surface area contributed by atoms with Gasteiger partial charge in [0.2, 0.25) is 0 Å². The van der Waals surface area contributed by atoms with Crippen molar-refractivity contribution in [1.82, 2.24) is 35.5 Å². The minimum Gasteiger partial charge on any atom is -0.508 e. The van der Waals surface area contributed by atoms with Crippen molar-refractivity contribution in [1.29, 1.82) is 0 Å². The Hall–Kier alpha value is -5.41. The fourth-order valence-corrected chi connectivity index (χ4v) is 5.08. The second-order valence-electron chi connectivity index (χ2n) is 9.87. The Labute approximate surface area is 234 Å². The van der Waals surface area contributed by atoms with Crippen LogP contribution in [0.25, 0.3) is 55.7 Å². The molecule has 0 radical (unpaired) electrons. The van der Waals surface area contributed by atoms with Crippen LogP contribution in [0.15, 0.2) is 97.6 Å². The van der Waals surface area contributed by atoms with Gasteiger partial charge in [-0.05, 0) is 47.5 Å². The molecule has 0 atom stereocenters. The van der Waals surface area contributed by atoms with Crippen molar-refractivity contribution < 1.29 is 9.50 Å². The first-order valence-electron chi connectivity index (χ1n) is 13.1. The van der Waals surface area contributed by atoms with Crippen LogP contribution in [0.5, 0.6) is 5.75 Å². The molecular weight excluding hydrogens is 517 g/mol. The molecule has 0 aliphatic rings. The fraction of sp³-hybridized carbons (Fsp3) is 0.0625. The van der Waals surface area contributed by atoms with E-state index in [1.54, 1.807) is 6.20 Å². The van der Waals surface area contributed by atoms with Gasteiger partial charge in [-0.3, -0.25) is 15.1 Å². The lowest BCUT2D eigenvalue weighted by Crippen LogP contribution is -2.12. The van der Waals surface area contributed by atoms with Crippen LogP contribution in [0.2, 0.25) is 0 Å². The van der Waals surface area contributed by atoms with Gasteiger partial charge >= 0.3 is 0 Å². The van der Waals surface area contributed by atoms with Gasteiger partial charge in [-0.15, -0.1) is 0 Å². The average Bonchev–Trinajstić information content (AvgIpc) is 3.61. The number of hydrogen-bond acceptors (Lipinski definition) is 6. The number of halogens is 1. The van der Waals surface area contributed by atoms with Gasteiger partial charge in [-0.1, -0.05) is 30.3 Å². The van der Waals surface area contributed by atoms with E-state index in [9.17, 15) is 9.50 Å². The van der Waals surface area contributed by atoms with Gasteiger partial charge in [0, 0.05) is 76.9 Å². The Morgan fingerprint density at radius 1 is 0.756 bits per heavy atom. The predicted octanol–water partition coefficient (Wildman–Crippen LogP) is 6.36. The minimum absolute atomic E-state index is 0.156. The van der Waals surface area contributed by atoms with E-state index in [4.69, 9.17) is 0 Å². The maximum absolute atomic E-state index is 14.0. The maximum Gasteiger partial charge on any atom is 0.155 e. The number of aromatic nitrogens is 6. The number of phenols is 1. The Kier molecular flexibility index (Phi) is 6.18. The lowest BCUT2D eigenvalue weighted by atomic mass is 10.1. The first kappa shape index (κ1) is 24.6. The van der Waals surface area contributed by atoms with Crippen LogP contribution >= 0.6 is 0 Å². The number of aromatic hydroxyl groups is 1. The summed E-state index contributed by atoms with van der Waals surface area (Å²) in [5, 5.41) is 22.6. The summed E-state index contributed by atoms with van der Waals surface area (Å²) in [6.07, 6.45) is 7.16. The van der Waals surface area contributed by atoms with E-state index in [2.05, 4.69) is 59.7 Å². The quantitative estimate of drug-likeness (QED) is 0.187. The molecule has 0 aliphatic heterocycles. The highest BCUT2D eigenvalue weighted by Gasteiger charge is 2.16. The number of nitrogens with one attached hydrogen (secondary N) is 3. The third kappa shape index (κ3) is 4.90. The van der Waals surface area contributed by atoms with Crippen molar-refractivity contribution in [2.24, 2.45) is 0 Å². The molecule has 0 fully saturated rings. The summed E-state index contributed by atoms with van der Waals surface area (Å²) >= 11 is 0. The summed E-state index contributed by atoms with van der Waals surface area (Å²) in [4.78, 5) is 17.0. The topological polar surface area (TPSA) is 115 Å². The average molecular weight is 542 g/mol. The predicted molar refractivity (Wildman–Crippen MR) is 156 cm³/mol. The molecule has 7 rings (SSSR count). The van der Waals surface area contributed by atoms with Crippen molar-refractivity contribution >= 4 is 21.9 Å². The first-order valence-corrected chi connectivity index (χ1v) is 13.1. The molecular formula is C32H24FN7O. The summed E-state index contributed by atoms with van der Waals surface area (Å²) in [7, 11) is 0. The number of phenolic OH excluding ortho intramolecular Hbond substituents is 1. The van der Waals surface area contributed by atoms with E-state index >= 15 is 0 Å². The summed E-state index contributed by atoms with van der Waals surface area (Å²) in [6, 6.07) is 22.2. The Balaban J connectivity index is 1.21. The van der Waals surface area contributed by atoms with Gasteiger partial charge in [0.1, 0.15) is 17.3 Å². The van der Waals surface area contributed by atoms with Crippen LogP contribution in [-0.2, 0) is 13.1 Å². The summed E-state index contributed by atoms with van der Waals surface area (Å²) in [5.74, 6) is -0.686. The van der Waals surface area contributed by atoms with Crippen molar-refractivity contribution in [3.05, 3.63) is 115 Å². The molecule has 0 spiro atoms. The van der Waals surface area contributed by atoms with Crippen molar-refractivity contribution in [2.75, 3.05) is 0 Å². The molecule has 41 heavy (non-hydrogen) atoms. The number of benzene rings is 2. The highest BCUT2D eigenvalue weighted by atomic mass is 19.1. The zero-order valence-electron chi connectivity index (χ0n) is 21.8. The zero-order chi connectivity index (χ0) is 27.8. The van der Waals surface area contributed by atoms with E-state index in [1.807, 2.05) is 48.9 Å². The third-order valence-electron chi connectivity index (χ3n) is 7.00. The van der Waals surface area contributed by atoms with E-state index in [-0.39, 0.29) is 5.75 Å². The Bertz CT molecular complexity index is 2000. The van der Waals surface area contributed by atoms with Crippen molar-refractivity contribution in [3.8, 4) is 39.5 Å². The second-order valence-corrected chi connectivity index (χ2v) is 9.87. The molecule has 9 heteroatoms. The summed E-state index contributed by atoms with van der Waals surface area (Å²) in [6.45, 7) is 1.47. The highest BCUT2D eigenvalue weighted by Crippen LogP contribution is 2.35. The molecule has 0 amide bonds. The lowest BCUT2D eigenvalue weighted by molar-refractivity contribution is 0.469. The second kappa shape index (κ2) is 10.3. The number of nitrogens with zero attached hydrogens (tertiary/aromatic N) is 4. The molecule has 7 aromatic rings. The van der Waals surface area contributed by atoms with Crippen LogP contribution in [0.1, 0.15) is 11.1 Å². The van der Waals surface area contributed by atoms with Crippen molar-refractivity contribution in [2.45, 2.75) is 13.1 Å². The third-order valence-corrected chi connectivity index (χ3v) is 7.00. The van der Waals surface area contributed by atoms with Gasteiger partial charge in [0.05, 0.1) is 11.4 Å². The lowest BCUT2D eigenvalue weighted by Gasteiger charge is -2.07. The fourth-order valence-electron chi connectivity index (χ4n) is 5.08. The standard InChI is InChI=1S/C32H24FN7O/c33-24-9-21(10-25(41)12-24)30-26-13-29(38-28(26)6-7-36-30)31-27-11-23(18-37-32(27)40-39-31)22-8-20(16-35-17-22)15-34-14-19-4-2-1-3-5-19/h1-13,16-18,34,38,41H,14-15H2,(H,37,39,40). The molecule has 4 N–H and O–H groups in total. The van der Waals surface area contributed by atoms with Crippen LogP contribution in [0.3, 0.4) is 0 Å². The van der Waals surface area contributed by atoms with E-state index in [0.29, 0.717) is 29.1 Å². The van der Waals surface area contributed by atoms with Crippen LogP contribution < -0.4 is 5.32 Å². The highest BCUT2D eigenvalue weighted by molar-refractivity contribution is 6.00. The Morgan fingerprint density at radius 2 is 1.61 bits per heavy atom. The van der Waals surface area contributed by atoms with Crippen LogP contribution in [0, 0.1) is 5.82 Å². The molecule has 0 saturated carbocycles. The number of H-pyrrole nitrogens is 2. The van der Waals surface area contributed by atoms with E-state index in [1.165, 1.54) is 17.7 Å². The number of fused-ring (bicyclic) bond motifs is 2. The van der Waals surface area contributed by atoms with Gasteiger partial charge in [0.25, 0.3) is 0 Å². The molecule has 5 aromatic heterocycles. The largest absolute Gasteiger partial charge is 0.508 e. The number of hydrogen-bond donors (Lipinski definition) is 4. The summed E-state index contributed by atoms with van der Waals surface area (Å²) < 4.78 is 14.0. The SMILES string of the molecule is Oc1cc(F)cc(-c2nccc3[nH]c(-c4n[nH]c5ncc(-c6cncc(CNCc7ccccc7)c6)cc45)cc23)c1. The normalized spacial score (nSPS) is 11.4. The minimum atomic E-state index is -0.531. The van der Waals surface area contributed by atoms with Gasteiger partial charge in [-0.2, -0.15) is 5.10 Å². The molecule has 0 aliphatic carbocycles. The van der Waals surface area contributed by atoms with Gasteiger partial charge < -0.3 is 15.4 Å². The molecule has 5 heterocycles. The van der Waals surface area contributed by atoms with E-state index in [0.717, 1.165) is 51.3 Å². The molecule has 0 bridgehead atoms.